The van der Waals surface area contributed by atoms with Crippen molar-refractivity contribution in [1.29, 1.82) is 0 Å². The van der Waals surface area contributed by atoms with Gasteiger partial charge in [-0.15, -0.1) is 35.4 Å². The van der Waals surface area contributed by atoms with Crippen molar-refractivity contribution in [3.8, 4) is 50.6 Å². The van der Waals surface area contributed by atoms with Gasteiger partial charge in [0.25, 0.3) is 0 Å². The molecular weight excluding hydrogens is 844 g/mol. The number of imidazole rings is 1. The van der Waals surface area contributed by atoms with Crippen LogP contribution in [0.3, 0.4) is 0 Å². The van der Waals surface area contributed by atoms with E-state index in [1.54, 1.807) is 6.07 Å². The first-order chi connectivity index (χ1) is 24.9. The number of phenols is 1. The van der Waals surface area contributed by atoms with Gasteiger partial charge in [0.15, 0.2) is 0 Å². The number of phenolic OH excluding ortho intramolecular Hbond substituents is 1. The quantitative estimate of drug-likeness (QED) is 0.175. The van der Waals surface area contributed by atoms with Gasteiger partial charge in [-0.1, -0.05) is 104 Å². The molecule has 0 saturated heterocycles. The van der Waals surface area contributed by atoms with Gasteiger partial charge in [-0.05, 0) is 94.1 Å². The molecule has 3 heterocycles. The summed E-state index contributed by atoms with van der Waals surface area (Å²) in [6, 6.07) is 33.4. The molecule has 280 valence electrons. The van der Waals surface area contributed by atoms with E-state index in [1.165, 1.54) is 16.5 Å². The molecule has 0 aliphatic carbocycles. The predicted octanol–water partition coefficient (Wildman–Crippen LogP) is 12.6. The molecule has 1 N–H and O–H groups in total. The van der Waals surface area contributed by atoms with Gasteiger partial charge in [-0.2, -0.15) is 0 Å². The SMILES string of the molecule is CC(C)n1c(-c2cc(C(C)(C)C)ccc2O)nc2c(-c3[c-]c(-c4cc(C(C)(C)C)cc5c(C(C)(C)C)ccnc45)ccc3)cc(-c3ccccn3)cc21.[Pt]. The second-order valence-corrected chi connectivity index (χ2v) is 17.7. The molecular formula is C48H51N4OPt-. The van der Waals surface area contributed by atoms with Crippen LogP contribution < -0.4 is 0 Å². The molecule has 0 aliphatic heterocycles. The number of pyridine rings is 2. The summed E-state index contributed by atoms with van der Waals surface area (Å²) in [7, 11) is 0. The van der Waals surface area contributed by atoms with Crippen LogP contribution in [-0.2, 0) is 37.3 Å². The number of hydrogen-bond donors (Lipinski definition) is 1. The Hall–Kier alpha value is -4.60. The van der Waals surface area contributed by atoms with Gasteiger partial charge in [0.05, 0.1) is 22.3 Å². The number of rotatable bonds is 5. The summed E-state index contributed by atoms with van der Waals surface area (Å²) in [6.07, 6.45) is 3.77. The van der Waals surface area contributed by atoms with E-state index in [0.29, 0.717) is 0 Å². The Morgan fingerprint density at radius 3 is 1.91 bits per heavy atom. The van der Waals surface area contributed by atoms with Crippen LogP contribution in [0, 0.1) is 6.07 Å². The Morgan fingerprint density at radius 1 is 0.630 bits per heavy atom. The molecule has 3 aromatic heterocycles. The first-order valence-corrected chi connectivity index (χ1v) is 18.7. The number of benzene rings is 4. The van der Waals surface area contributed by atoms with Gasteiger partial charge >= 0.3 is 0 Å². The van der Waals surface area contributed by atoms with Gasteiger partial charge in [-0.3, -0.25) is 9.97 Å². The predicted molar refractivity (Wildman–Crippen MR) is 222 cm³/mol. The maximum absolute atomic E-state index is 11.3. The third-order valence-corrected chi connectivity index (χ3v) is 10.3. The summed E-state index contributed by atoms with van der Waals surface area (Å²) < 4.78 is 2.24. The van der Waals surface area contributed by atoms with Gasteiger partial charge in [0.2, 0.25) is 0 Å². The van der Waals surface area contributed by atoms with Gasteiger partial charge in [-0.25, -0.2) is 4.98 Å². The van der Waals surface area contributed by atoms with E-state index < -0.39 is 0 Å². The maximum atomic E-state index is 11.3. The number of fused-ring (bicyclic) bond motifs is 2. The average molecular weight is 895 g/mol. The van der Waals surface area contributed by atoms with Gasteiger partial charge < -0.3 is 9.67 Å². The van der Waals surface area contributed by atoms with E-state index in [9.17, 15) is 5.11 Å². The number of hydrogen-bond acceptors (Lipinski definition) is 4. The van der Waals surface area contributed by atoms with Crippen molar-refractivity contribution >= 4 is 21.9 Å². The molecule has 0 amide bonds. The monoisotopic (exact) mass is 894 g/mol. The van der Waals surface area contributed by atoms with E-state index in [0.717, 1.165) is 67.0 Å². The molecule has 7 aromatic rings. The van der Waals surface area contributed by atoms with E-state index in [-0.39, 0.29) is 49.1 Å². The van der Waals surface area contributed by atoms with E-state index in [2.05, 4.69) is 141 Å². The normalized spacial score (nSPS) is 12.4. The van der Waals surface area contributed by atoms with Crippen LogP contribution in [0.5, 0.6) is 5.75 Å². The van der Waals surface area contributed by atoms with Crippen molar-refractivity contribution in [3.05, 3.63) is 120 Å². The van der Waals surface area contributed by atoms with Crippen LogP contribution >= 0.6 is 0 Å². The van der Waals surface area contributed by atoms with Gasteiger partial charge in [0.1, 0.15) is 11.6 Å². The summed E-state index contributed by atoms with van der Waals surface area (Å²) in [4.78, 5) is 15.1. The van der Waals surface area contributed by atoms with Crippen molar-refractivity contribution < 1.29 is 26.2 Å². The summed E-state index contributed by atoms with van der Waals surface area (Å²) in [6.45, 7) is 24.5. The minimum absolute atomic E-state index is 0. The molecule has 4 aromatic carbocycles. The van der Waals surface area contributed by atoms with Crippen LogP contribution in [0.2, 0.25) is 0 Å². The molecule has 0 atom stereocenters. The minimum atomic E-state index is -0.0964. The van der Waals surface area contributed by atoms with Crippen molar-refractivity contribution in [2.45, 2.75) is 98.4 Å². The molecule has 0 unspecified atom stereocenters. The average Bonchev–Trinajstić information content (AvgIpc) is 3.49. The third-order valence-electron chi connectivity index (χ3n) is 10.3. The van der Waals surface area contributed by atoms with E-state index in [1.807, 2.05) is 36.7 Å². The second-order valence-electron chi connectivity index (χ2n) is 17.7. The largest absolute Gasteiger partial charge is 0.507 e. The Bertz CT molecular complexity index is 2490. The summed E-state index contributed by atoms with van der Waals surface area (Å²) >= 11 is 0. The molecule has 0 spiro atoms. The zero-order chi connectivity index (χ0) is 38.0. The molecule has 7 rings (SSSR count). The number of nitrogens with zero attached hydrogens (tertiary/aromatic N) is 4. The fourth-order valence-electron chi connectivity index (χ4n) is 7.31. The van der Waals surface area contributed by atoms with Crippen molar-refractivity contribution in [1.82, 2.24) is 19.5 Å². The first kappa shape index (κ1) is 39.1. The Labute approximate surface area is 335 Å². The van der Waals surface area contributed by atoms with Crippen LogP contribution in [0.4, 0.5) is 0 Å². The maximum Gasteiger partial charge on any atom is 0.144 e. The van der Waals surface area contributed by atoms with Gasteiger partial charge in [0, 0.05) is 45.0 Å². The number of aromatic nitrogens is 4. The Balaban J connectivity index is 0.00000497. The standard InChI is InChI=1S/C48H51N4O.Pt/c1-29(2)52-41-25-32(40-17-12-13-21-49-40)24-35(44(41)51-45(52)38-26-33(46(3,4)5)18-19-42(38)53)30-15-14-16-31(23-30)36-27-34(47(6,7)8)28-37-39(48(9,10)11)20-22-50-43(36)37;/h12-22,24-29,53H,1-11H3;/q-1;. The molecule has 0 saturated carbocycles. The van der Waals surface area contributed by atoms with Crippen molar-refractivity contribution in [3.63, 3.8) is 0 Å². The topological polar surface area (TPSA) is 63.8 Å². The van der Waals surface area contributed by atoms with Crippen molar-refractivity contribution in [2.75, 3.05) is 0 Å². The first-order valence-electron chi connectivity index (χ1n) is 18.7. The molecule has 54 heavy (non-hydrogen) atoms. The van der Waals surface area contributed by atoms with Crippen LogP contribution in [0.1, 0.15) is 98.9 Å². The summed E-state index contributed by atoms with van der Waals surface area (Å²) in [5.74, 6) is 0.944. The Morgan fingerprint density at radius 2 is 1.30 bits per heavy atom. The fraction of sp³-hybridized carbons (Fsp3) is 0.312. The second kappa shape index (κ2) is 14.2. The van der Waals surface area contributed by atoms with E-state index >= 15 is 0 Å². The summed E-state index contributed by atoms with van der Waals surface area (Å²) in [5, 5.41) is 12.5. The number of aromatic hydroxyl groups is 1. The fourth-order valence-corrected chi connectivity index (χ4v) is 7.31. The zero-order valence-electron chi connectivity index (χ0n) is 33.4. The van der Waals surface area contributed by atoms with Crippen LogP contribution in [0.15, 0.2) is 97.3 Å². The smallest absolute Gasteiger partial charge is 0.144 e. The molecule has 5 nitrogen and oxygen atoms in total. The van der Waals surface area contributed by atoms with E-state index in [4.69, 9.17) is 15.0 Å². The summed E-state index contributed by atoms with van der Waals surface area (Å²) in [5.41, 5.74) is 12.8. The van der Waals surface area contributed by atoms with Crippen molar-refractivity contribution in [2.24, 2.45) is 0 Å². The molecule has 0 fully saturated rings. The molecule has 0 radical (unpaired) electrons. The third kappa shape index (κ3) is 7.28. The Kier molecular flexibility index (Phi) is 10.3. The molecule has 0 bridgehead atoms. The minimum Gasteiger partial charge on any atom is -0.507 e. The zero-order valence-corrected chi connectivity index (χ0v) is 35.6. The molecule has 0 aliphatic rings. The van der Waals surface area contributed by atoms with Crippen LogP contribution in [-0.4, -0.2) is 24.6 Å². The molecule has 6 heteroatoms. The van der Waals surface area contributed by atoms with Crippen LogP contribution in [0.25, 0.3) is 66.8 Å².